The molecule has 0 N–H and O–H groups in total. The molecule has 0 radical (unpaired) electrons. The standard InChI is InChI=1S/C8H11ClN2O/c1-3-4-12-7-6(2)5-10-8(9)11-7/h5H,3-4H2,1-2H3. The normalized spacial score (nSPS) is 9.92. The number of aryl methyl sites for hydroxylation is 1. The van der Waals surface area contributed by atoms with Gasteiger partial charge in [0.25, 0.3) is 0 Å². The molecule has 0 amide bonds. The number of hydrogen-bond acceptors (Lipinski definition) is 3. The number of nitrogens with zero attached hydrogens (tertiary/aromatic N) is 2. The first-order valence-electron chi connectivity index (χ1n) is 3.86. The zero-order chi connectivity index (χ0) is 8.97. The van der Waals surface area contributed by atoms with Crippen LogP contribution in [0.1, 0.15) is 18.9 Å². The fourth-order valence-electron chi connectivity index (χ4n) is 0.751. The Balaban J connectivity index is 2.75. The van der Waals surface area contributed by atoms with E-state index in [-0.39, 0.29) is 5.28 Å². The van der Waals surface area contributed by atoms with Gasteiger partial charge in [-0.3, -0.25) is 0 Å². The van der Waals surface area contributed by atoms with E-state index >= 15 is 0 Å². The van der Waals surface area contributed by atoms with Crippen LogP contribution in [0.15, 0.2) is 6.20 Å². The molecular formula is C8H11ClN2O. The monoisotopic (exact) mass is 186 g/mol. The van der Waals surface area contributed by atoms with E-state index in [1.165, 1.54) is 0 Å². The van der Waals surface area contributed by atoms with Crippen LogP contribution in [0.3, 0.4) is 0 Å². The van der Waals surface area contributed by atoms with Gasteiger partial charge in [-0.15, -0.1) is 0 Å². The van der Waals surface area contributed by atoms with Crippen LogP contribution in [0.25, 0.3) is 0 Å². The molecule has 0 saturated heterocycles. The summed E-state index contributed by atoms with van der Waals surface area (Å²) in [5.74, 6) is 0.580. The highest BCUT2D eigenvalue weighted by molar-refractivity contribution is 6.28. The third-order valence-electron chi connectivity index (χ3n) is 1.34. The molecule has 0 fully saturated rings. The molecule has 66 valence electrons. The second-order valence-electron chi connectivity index (χ2n) is 2.48. The van der Waals surface area contributed by atoms with E-state index in [1.54, 1.807) is 6.20 Å². The highest BCUT2D eigenvalue weighted by Gasteiger charge is 2.01. The van der Waals surface area contributed by atoms with Gasteiger partial charge in [-0.2, -0.15) is 4.98 Å². The van der Waals surface area contributed by atoms with E-state index in [1.807, 2.05) is 13.8 Å². The summed E-state index contributed by atoms with van der Waals surface area (Å²) in [7, 11) is 0. The summed E-state index contributed by atoms with van der Waals surface area (Å²) in [6, 6.07) is 0. The summed E-state index contributed by atoms with van der Waals surface area (Å²) in [4.78, 5) is 7.76. The maximum Gasteiger partial charge on any atom is 0.225 e. The van der Waals surface area contributed by atoms with Crippen LogP contribution < -0.4 is 4.74 Å². The van der Waals surface area contributed by atoms with E-state index in [0.717, 1.165) is 12.0 Å². The summed E-state index contributed by atoms with van der Waals surface area (Å²) in [6.07, 6.45) is 2.61. The summed E-state index contributed by atoms with van der Waals surface area (Å²) >= 11 is 5.59. The lowest BCUT2D eigenvalue weighted by Crippen LogP contribution is -2.00. The maximum absolute atomic E-state index is 5.59. The highest BCUT2D eigenvalue weighted by Crippen LogP contribution is 2.14. The number of aromatic nitrogens is 2. The molecule has 1 rings (SSSR count). The van der Waals surface area contributed by atoms with E-state index in [9.17, 15) is 0 Å². The van der Waals surface area contributed by atoms with Gasteiger partial charge in [-0.05, 0) is 24.9 Å². The van der Waals surface area contributed by atoms with E-state index < -0.39 is 0 Å². The van der Waals surface area contributed by atoms with E-state index in [0.29, 0.717) is 12.5 Å². The van der Waals surface area contributed by atoms with Crippen molar-refractivity contribution in [2.24, 2.45) is 0 Å². The van der Waals surface area contributed by atoms with Crippen molar-refractivity contribution in [1.29, 1.82) is 0 Å². The first-order chi connectivity index (χ1) is 5.74. The van der Waals surface area contributed by atoms with Crippen molar-refractivity contribution in [2.45, 2.75) is 20.3 Å². The lowest BCUT2D eigenvalue weighted by atomic mass is 10.4. The quantitative estimate of drug-likeness (QED) is 0.679. The van der Waals surface area contributed by atoms with Gasteiger partial charge in [0.2, 0.25) is 11.2 Å². The Morgan fingerprint density at radius 3 is 3.00 bits per heavy atom. The molecule has 0 bridgehead atoms. The van der Waals surface area contributed by atoms with Crippen molar-refractivity contribution in [1.82, 2.24) is 9.97 Å². The van der Waals surface area contributed by atoms with Crippen molar-refractivity contribution >= 4 is 11.6 Å². The molecule has 0 atom stereocenters. The molecule has 0 spiro atoms. The predicted octanol–water partition coefficient (Wildman–Crippen LogP) is 2.23. The van der Waals surface area contributed by atoms with Crippen LogP contribution in [0, 0.1) is 6.92 Å². The zero-order valence-electron chi connectivity index (χ0n) is 7.17. The summed E-state index contributed by atoms with van der Waals surface area (Å²) in [5, 5.41) is 0.228. The Morgan fingerprint density at radius 2 is 2.33 bits per heavy atom. The van der Waals surface area contributed by atoms with E-state index in [2.05, 4.69) is 9.97 Å². The molecule has 12 heavy (non-hydrogen) atoms. The molecule has 1 aromatic heterocycles. The van der Waals surface area contributed by atoms with Crippen molar-refractivity contribution in [3.63, 3.8) is 0 Å². The summed E-state index contributed by atoms with van der Waals surface area (Å²) < 4.78 is 5.33. The predicted molar refractivity (Wildman–Crippen MR) is 47.6 cm³/mol. The first kappa shape index (κ1) is 9.26. The van der Waals surface area contributed by atoms with Crippen LogP contribution in [0.4, 0.5) is 0 Å². The van der Waals surface area contributed by atoms with Gasteiger partial charge >= 0.3 is 0 Å². The maximum atomic E-state index is 5.59. The molecule has 4 heteroatoms. The van der Waals surface area contributed by atoms with Crippen LogP contribution in [-0.4, -0.2) is 16.6 Å². The van der Waals surface area contributed by atoms with Gasteiger partial charge < -0.3 is 4.74 Å². The number of halogens is 1. The SMILES string of the molecule is CCCOc1nc(Cl)ncc1C. The van der Waals surface area contributed by atoms with Gasteiger partial charge in [0.1, 0.15) is 0 Å². The summed E-state index contributed by atoms with van der Waals surface area (Å²) in [5.41, 5.74) is 0.910. The van der Waals surface area contributed by atoms with Crippen molar-refractivity contribution in [3.05, 3.63) is 17.0 Å². The molecular weight excluding hydrogens is 176 g/mol. The Bertz CT molecular complexity index is 265. The topological polar surface area (TPSA) is 35.0 Å². The number of rotatable bonds is 3. The fourth-order valence-corrected chi connectivity index (χ4v) is 0.877. The van der Waals surface area contributed by atoms with Gasteiger partial charge in [0.05, 0.1) is 6.61 Å². The van der Waals surface area contributed by atoms with Crippen LogP contribution in [-0.2, 0) is 0 Å². The second kappa shape index (κ2) is 4.26. The van der Waals surface area contributed by atoms with E-state index in [4.69, 9.17) is 16.3 Å². The molecule has 0 aliphatic carbocycles. The number of hydrogen-bond donors (Lipinski definition) is 0. The zero-order valence-corrected chi connectivity index (χ0v) is 7.93. The highest BCUT2D eigenvalue weighted by atomic mass is 35.5. The number of ether oxygens (including phenoxy) is 1. The van der Waals surface area contributed by atoms with Crippen LogP contribution in [0.2, 0.25) is 5.28 Å². The minimum Gasteiger partial charge on any atom is -0.477 e. The largest absolute Gasteiger partial charge is 0.477 e. The minimum atomic E-state index is 0.228. The third-order valence-corrected chi connectivity index (χ3v) is 1.52. The lowest BCUT2D eigenvalue weighted by Gasteiger charge is -2.05. The Hall–Kier alpha value is -0.830. The fraction of sp³-hybridized carbons (Fsp3) is 0.500. The van der Waals surface area contributed by atoms with Gasteiger partial charge in [-0.1, -0.05) is 6.92 Å². The third kappa shape index (κ3) is 2.34. The molecule has 3 nitrogen and oxygen atoms in total. The Morgan fingerprint density at radius 1 is 1.58 bits per heavy atom. The molecule has 1 aromatic rings. The molecule has 1 heterocycles. The van der Waals surface area contributed by atoms with Crippen molar-refractivity contribution < 1.29 is 4.74 Å². The van der Waals surface area contributed by atoms with Gasteiger partial charge in [0.15, 0.2) is 0 Å². The van der Waals surface area contributed by atoms with Crippen LogP contribution >= 0.6 is 11.6 Å². The first-order valence-corrected chi connectivity index (χ1v) is 4.23. The smallest absolute Gasteiger partial charge is 0.225 e. The van der Waals surface area contributed by atoms with Gasteiger partial charge in [0, 0.05) is 11.8 Å². The lowest BCUT2D eigenvalue weighted by molar-refractivity contribution is 0.302. The van der Waals surface area contributed by atoms with Gasteiger partial charge in [-0.25, -0.2) is 4.98 Å². The second-order valence-corrected chi connectivity index (χ2v) is 2.81. The average Bonchev–Trinajstić information content (AvgIpc) is 2.07. The van der Waals surface area contributed by atoms with Crippen molar-refractivity contribution in [2.75, 3.05) is 6.61 Å². The minimum absolute atomic E-state index is 0.228. The van der Waals surface area contributed by atoms with Crippen molar-refractivity contribution in [3.8, 4) is 5.88 Å². The molecule has 0 aliphatic heterocycles. The summed E-state index contributed by atoms with van der Waals surface area (Å²) in [6.45, 7) is 4.59. The average molecular weight is 187 g/mol. The molecule has 0 unspecified atom stereocenters. The Labute approximate surface area is 76.7 Å². The molecule has 0 aliphatic rings. The molecule has 0 saturated carbocycles. The van der Waals surface area contributed by atoms with Crippen LogP contribution in [0.5, 0.6) is 5.88 Å². The molecule has 0 aromatic carbocycles. The Kier molecular flexibility index (Phi) is 3.29.